The summed E-state index contributed by atoms with van der Waals surface area (Å²) in [6.07, 6.45) is 3.13. The van der Waals surface area contributed by atoms with Crippen molar-refractivity contribution in [2.45, 2.75) is 0 Å². The second kappa shape index (κ2) is 8.35. The molecule has 2 heterocycles. The van der Waals surface area contributed by atoms with Crippen LogP contribution in [0, 0.1) is 0 Å². The Balaban J connectivity index is 1.47. The van der Waals surface area contributed by atoms with Crippen molar-refractivity contribution in [2.24, 2.45) is 5.73 Å². The molecule has 2 aromatic heterocycles. The van der Waals surface area contributed by atoms with E-state index in [9.17, 15) is 19.2 Å². The Morgan fingerprint density at radius 3 is 2.18 bits per heavy atom. The van der Waals surface area contributed by atoms with E-state index in [4.69, 9.17) is 5.73 Å². The van der Waals surface area contributed by atoms with Crippen LogP contribution in [0.1, 0.15) is 29.7 Å². The molecular weight excluding hydrogens is 382 g/mol. The zero-order chi connectivity index (χ0) is 20.1. The van der Waals surface area contributed by atoms with Crippen LogP contribution in [0.25, 0.3) is 5.69 Å². The number of H-pyrrole nitrogens is 1. The third-order valence-corrected chi connectivity index (χ3v) is 4.92. The molecule has 0 aliphatic heterocycles. The molecule has 0 unspecified atom stereocenters. The lowest BCUT2D eigenvalue weighted by atomic mass is 10.2. The van der Waals surface area contributed by atoms with Crippen LogP contribution in [0.5, 0.6) is 0 Å². The summed E-state index contributed by atoms with van der Waals surface area (Å²) in [7, 11) is 0. The van der Waals surface area contributed by atoms with E-state index in [-0.39, 0.29) is 30.6 Å². The van der Waals surface area contributed by atoms with Crippen molar-refractivity contribution in [1.29, 1.82) is 0 Å². The van der Waals surface area contributed by atoms with Crippen LogP contribution in [0.2, 0.25) is 0 Å². The SMILES string of the molecule is NC(=O)c1ccc(C(=O)NCCNC(=O)c2ccc(-n3cc[nH]c3=O)cc2)s1. The molecule has 10 heteroatoms. The van der Waals surface area contributed by atoms with Gasteiger partial charge in [-0.2, -0.15) is 0 Å². The fourth-order valence-corrected chi connectivity index (χ4v) is 3.21. The van der Waals surface area contributed by atoms with E-state index in [1.807, 2.05) is 0 Å². The summed E-state index contributed by atoms with van der Waals surface area (Å²) in [6, 6.07) is 9.57. The largest absolute Gasteiger partial charge is 0.365 e. The highest BCUT2D eigenvalue weighted by atomic mass is 32.1. The zero-order valence-corrected chi connectivity index (χ0v) is 15.4. The second-order valence-corrected chi connectivity index (χ2v) is 6.81. The quantitative estimate of drug-likeness (QED) is 0.429. The van der Waals surface area contributed by atoms with Crippen LogP contribution in [0.4, 0.5) is 0 Å². The molecule has 9 nitrogen and oxygen atoms in total. The monoisotopic (exact) mass is 399 g/mol. The number of primary amides is 1. The van der Waals surface area contributed by atoms with Crippen LogP contribution < -0.4 is 22.1 Å². The average Bonchev–Trinajstić information content (AvgIpc) is 3.34. The number of carbonyl (C=O) groups excluding carboxylic acids is 3. The summed E-state index contributed by atoms with van der Waals surface area (Å²) in [5.74, 6) is -1.22. The van der Waals surface area contributed by atoms with Crippen LogP contribution in [-0.4, -0.2) is 40.4 Å². The summed E-state index contributed by atoms with van der Waals surface area (Å²) >= 11 is 1.01. The molecule has 0 saturated heterocycles. The molecule has 0 atom stereocenters. The Morgan fingerprint density at radius 1 is 0.964 bits per heavy atom. The second-order valence-electron chi connectivity index (χ2n) is 5.72. The standard InChI is InChI=1S/C18H17N5O4S/c19-15(24)13-5-6-14(28-13)17(26)21-8-7-20-16(25)11-1-3-12(4-2-11)23-10-9-22-18(23)27/h1-6,9-10H,7-8H2,(H2,19,24)(H,20,25)(H,21,26)(H,22,27). The lowest BCUT2D eigenvalue weighted by Crippen LogP contribution is -2.34. The maximum Gasteiger partial charge on any atom is 0.330 e. The van der Waals surface area contributed by atoms with E-state index in [0.717, 1.165) is 11.3 Å². The molecule has 0 aliphatic rings. The van der Waals surface area contributed by atoms with Gasteiger partial charge in [-0.1, -0.05) is 0 Å². The van der Waals surface area contributed by atoms with E-state index in [2.05, 4.69) is 15.6 Å². The van der Waals surface area contributed by atoms with Gasteiger partial charge in [-0.05, 0) is 36.4 Å². The molecule has 3 rings (SSSR count). The summed E-state index contributed by atoms with van der Waals surface area (Å²) in [5.41, 5.74) is 5.97. The fourth-order valence-electron chi connectivity index (χ4n) is 2.43. The highest BCUT2D eigenvalue weighted by Gasteiger charge is 2.12. The zero-order valence-electron chi connectivity index (χ0n) is 14.6. The summed E-state index contributed by atoms with van der Waals surface area (Å²) in [5, 5.41) is 5.35. The Morgan fingerprint density at radius 2 is 1.61 bits per heavy atom. The number of imidazole rings is 1. The van der Waals surface area contributed by atoms with Gasteiger partial charge >= 0.3 is 5.69 Å². The number of thiophene rings is 1. The summed E-state index contributed by atoms with van der Waals surface area (Å²) in [4.78, 5) is 50.0. The van der Waals surface area contributed by atoms with Crippen LogP contribution >= 0.6 is 11.3 Å². The Bertz CT molecular complexity index is 1060. The predicted molar refractivity (Wildman–Crippen MR) is 104 cm³/mol. The Labute approximate surface area is 163 Å². The summed E-state index contributed by atoms with van der Waals surface area (Å²) < 4.78 is 1.42. The predicted octanol–water partition coefficient (Wildman–Crippen LogP) is 0.486. The van der Waals surface area contributed by atoms with Gasteiger partial charge in [0.1, 0.15) is 0 Å². The normalized spacial score (nSPS) is 10.4. The first-order valence-electron chi connectivity index (χ1n) is 8.28. The molecule has 0 spiro atoms. The van der Waals surface area contributed by atoms with Gasteiger partial charge in [0.25, 0.3) is 17.7 Å². The van der Waals surface area contributed by atoms with Gasteiger partial charge in [-0.3, -0.25) is 19.0 Å². The van der Waals surface area contributed by atoms with E-state index in [1.54, 1.807) is 30.5 Å². The maximum absolute atomic E-state index is 12.2. The number of aromatic nitrogens is 2. The highest BCUT2D eigenvalue weighted by molar-refractivity contribution is 7.15. The van der Waals surface area contributed by atoms with Gasteiger partial charge in [0.05, 0.1) is 15.4 Å². The minimum absolute atomic E-state index is 0.227. The molecule has 0 radical (unpaired) electrons. The third-order valence-electron chi connectivity index (χ3n) is 3.83. The summed E-state index contributed by atoms with van der Waals surface area (Å²) in [6.45, 7) is 0.461. The molecule has 1 aromatic carbocycles. The van der Waals surface area contributed by atoms with E-state index < -0.39 is 5.91 Å². The molecule has 3 aromatic rings. The Kier molecular flexibility index (Phi) is 5.70. The van der Waals surface area contributed by atoms with Crippen LogP contribution in [-0.2, 0) is 0 Å². The molecular formula is C18H17N5O4S. The third kappa shape index (κ3) is 4.35. The maximum atomic E-state index is 12.2. The van der Waals surface area contributed by atoms with Crippen LogP contribution in [0.15, 0.2) is 53.6 Å². The molecule has 0 bridgehead atoms. The van der Waals surface area contributed by atoms with Crippen molar-refractivity contribution < 1.29 is 14.4 Å². The van der Waals surface area contributed by atoms with Gasteiger partial charge in [0, 0.05) is 31.0 Å². The van der Waals surface area contributed by atoms with Crippen LogP contribution in [0.3, 0.4) is 0 Å². The van der Waals surface area contributed by atoms with Crippen molar-refractivity contribution in [3.63, 3.8) is 0 Å². The first kappa shape index (κ1) is 19.1. The van der Waals surface area contributed by atoms with Gasteiger partial charge in [0.2, 0.25) is 0 Å². The van der Waals surface area contributed by atoms with Crippen molar-refractivity contribution in [3.05, 3.63) is 74.6 Å². The number of aromatic amines is 1. The number of nitrogens with two attached hydrogens (primary N) is 1. The minimum atomic E-state index is -0.580. The number of hydrogen-bond donors (Lipinski definition) is 4. The number of carbonyl (C=O) groups is 3. The van der Waals surface area contributed by atoms with Crippen molar-refractivity contribution >= 4 is 29.1 Å². The molecule has 0 fully saturated rings. The average molecular weight is 399 g/mol. The number of benzene rings is 1. The fraction of sp³-hybridized carbons (Fsp3) is 0.111. The molecule has 144 valence electrons. The lowest BCUT2D eigenvalue weighted by molar-refractivity contribution is 0.0929. The molecule has 28 heavy (non-hydrogen) atoms. The van der Waals surface area contributed by atoms with E-state index >= 15 is 0 Å². The van der Waals surface area contributed by atoms with Gasteiger partial charge in [-0.25, -0.2) is 4.79 Å². The molecule has 3 amide bonds. The number of nitrogens with zero attached hydrogens (tertiary/aromatic N) is 1. The molecule has 0 aliphatic carbocycles. The number of nitrogens with one attached hydrogen (secondary N) is 3. The van der Waals surface area contributed by atoms with Gasteiger partial charge < -0.3 is 21.4 Å². The van der Waals surface area contributed by atoms with E-state index in [0.29, 0.717) is 21.0 Å². The number of amides is 3. The van der Waals surface area contributed by atoms with E-state index in [1.165, 1.54) is 22.9 Å². The van der Waals surface area contributed by atoms with Gasteiger partial charge in [-0.15, -0.1) is 11.3 Å². The first-order chi connectivity index (χ1) is 13.5. The number of rotatable bonds is 7. The molecule has 0 saturated carbocycles. The van der Waals surface area contributed by atoms with Crippen molar-refractivity contribution in [2.75, 3.05) is 13.1 Å². The lowest BCUT2D eigenvalue weighted by Gasteiger charge is -2.07. The van der Waals surface area contributed by atoms with Crippen molar-refractivity contribution in [1.82, 2.24) is 20.2 Å². The first-order valence-corrected chi connectivity index (χ1v) is 9.10. The van der Waals surface area contributed by atoms with Gasteiger partial charge in [0.15, 0.2) is 0 Å². The van der Waals surface area contributed by atoms with Crippen molar-refractivity contribution in [3.8, 4) is 5.69 Å². The Hall–Kier alpha value is -3.66. The topological polar surface area (TPSA) is 139 Å². The number of hydrogen-bond acceptors (Lipinski definition) is 5. The molecule has 5 N–H and O–H groups in total. The smallest absolute Gasteiger partial charge is 0.330 e. The minimum Gasteiger partial charge on any atom is -0.365 e. The highest BCUT2D eigenvalue weighted by Crippen LogP contribution is 2.15.